The van der Waals surface area contributed by atoms with Crippen molar-refractivity contribution in [3.8, 4) is 11.4 Å². The number of aromatic nitrogens is 4. The summed E-state index contributed by atoms with van der Waals surface area (Å²) in [6.07, 6.45) is 7.09. The molecule has 188 valence electrons. The van der Waals surface area contributed by atoms with E-state index in [4.69, 9.17) is 9.90 Å². The van der Waals surface area contributed by atoms with Gasteiger partial charge in [-0.15, -0.1) is 0 Å². The summed E-state index contributed by atoms with van der Waals surface area (Å²) in [5.74, 6) is -2.84. The number of nitrogens with one attached hydrogen (secondary N) is 1. The minimum Gasteiger partial charge on any atom is -0.475 e. The van der Waals surface area contributed by atoms with Gasteiger partial charge in [-0.3, -0.25) is 14.5 Å². The summed E-state index contributed by atoms with van der Waals surface area (Å²) in [5, 5.41) is 14.8. The highest BCUT2D eigenvalue weighted by molar-refractivity contribution is 6.02. The number of carbonyl (C=O) groups excluding carboxylic acids is 1. The van der Waals surface area contributed by atoms with E-state index in [1.165, 1.54) is 12.8 Å². The highest BCUT2D eigenvalue weighted by Crippen LogP contribution is 2.34. The normalized spacial score (nSPS) is 13.9. The summed E-state index contributed by atoms with van der Waals surface area (Å²) in [6.45, 7) is 0.473. The van der Waals surface area contributed by atoms with E-state index in [1.54, 1.807) is 12.4 Å². The van der Waals surface area contributed by atoms with Crippen LogP contribution < -0.4 is 5.32 Å². The van der Waals surface area contributed by atoms with Crippen molar-refractivity contribution in [2.75, 3.05) is 0 Å². The Hall–Kier alpha value is -4.15. The molecule has 0 aromatic carbocycles. The molecule has 1 aliphatic carbocycles. The van der Waals surface area contributed by atoms with Crippen LogP contribution in [-0.2, 0) is 11.3 Å². The molecule has 4 aromatic rings. The van der Waals surface area contributed by atoms with Crippen LogP contribution in [0, 0.1) is 0 Å². The smallest absolute Gasteiger partial charge is 0.475 e. The van der Waals surface area contributed by atoms with Gasteiger partial charge in [-0.1, -0.05) is 18.9 Å². The van der Waals surface area contributed by atoms with Crippen LogP contribution in [0.15, 0.2) is 67.3 Å². The topological polar surface area (TPSA) is 102 Å². The number of carboxylic acid groups (broad SMARTS) is 1. The van der Waals surface area contributed by atoms with Crippen LogP contribution in [0.3, 0.4) is 0 Å². The van der Waals surface area contributed by atoms with Gasteiger partial charge in [-0.2, -0.15) is 18.3 Å². The van der Waals surface area contributed by atoms with Gasteiger partial charge in [-0.25, -0.2) is 4.79 Å². The van der Waals surface area contributed by atoms with E-state index in [9.17, 15) is 18.0 Å². The summed E-state index contributed by atoms with van der Waals surface area (Å²) in [5.41, 5.74) is 4.66. The molecule has 0 spiro atoms. The first-order valence-corrected chi connectivity index (χ1v) is 11.4. The second-order valence-electron chi connectivity index (χ2n) is 8.34. The lowest BCUT2D eigenvalue weighted by molar-refractivity contribution is -0.192. The van der Waals surface area contributed by atoms with Crippen LogP contribution >= 0.6 is 0 Å². The van der Waals surface area contributed by atoms with Gasteiger partial charge in [0.15, 0.2) is 0 Å². The number of aliphatic carboxylic acids is 1. The molecule has 4 aromatic heterocycles. The number of alkyl halides is 3. The monoisotopic (exact) mass is 499 g/mol. The maximum absolute atomic E-state index is 13.0. The number of hydrogen-bond acceptors (Lipinski definition) is 4. The Kier molecular flexibility index (Phi) is 7.37. The van der Waals surface area contributed by atoms with E-state index in [-0.39, 0.29) is 5.91 Å². The lowest BCUT2D eigenvalue weighted by atomic mass is 10.2. The predicted octanol–water partition coefficient (Wildman–Crippen LogP) is 4.88. The largest absolute Gasteiger partial charge is 0.490 e. The van der Waals surface area contributed by atoms with E-state index in [2.05, 4.69) is 24.5 Å². The quantitative estimate of drug-likeness (QED) is 0.408. The Morgan fingerprint density at radius 1 is 1.03 bits per heavy atom. The fourth-order valence-electron chi connectivity index (χ4n) is 4.27. The van der Waals surface area contributed by atoms with Crippen molar-refractivity contribution in [1.29, 1.82) is 0 Å². The van der Waals surface area contributed by atoms with Gasteiger partial charge in [0.2, 0.25) is 0 Å². The number of rotatable bonds is 5. The zero-order valence-corrected chi connectivity index (χ0v) is 19.2. The van der Waals surface area contributed by atoms with Crippen molar-refractivity contribution in [1.82, 2.24) is 24.5 Å². The molecule has 1 fully saturated rings. The van der Waals surface area contributed by atoms with E-state index in [1.807, 2.05) is 54.9 Å². The standard InChI is InChI=1S/C23H23N5O.C2HF3O2/c29-23(25-16-17-8-11-24-12-9-17)19-15-22(27-14-4-3-7-20(19)27)21-10-13-26-28(21)18-5-1-2-6-18;3-2(4,5)1(6)7/h3-4,7-15,18H,1-2,5-6,16H2,(H,25,29);(H,6,7). The van der Waals surface area contributed by atoms with Gasteiger partial charge in [-0.05, 0) is 54.8 Å². The summed E-state index contributed by atoms with van der Waals surface area (Å²) in [4.78, 5) is 25.9. The average molecular weight is 499 g/mol. The Balaban J connectivity index is 0.000000384. The first-order valence-electron chi connectivity index (χ1n) is 11.4. The van der Waals surface area contributed by atoms with Gasteiger partial charge in [0, 0.05) is 31.3 Å². The molecular formula is C25H24F3N5O3. The number of halogens is 3. The van der Waals surface area contributed by atoms with Crippen LogP contribution in [0.5, 0.6) is 0 Å². The van der Waals surface area contributed by atoms with Crippen LogP contribution in [0.25, 0.3) is 16.9 Å². The first-order chi connectivity index (χ1) is 17.3. The molecule has 1 saturated carbocycles. The van der Waals surface area contributed by atoms with Crippen molar-refractivity contribution in [2.45, 2.75) is 44.4 Å². The Bertz CT molecular complexity index is 1340. The molecule has 1 amide bonds. The molecule has 11 heteroatoms. The number of fused-ring (bicyclic) bond motifs is 1. The number of hydrogen-bond donors (Lipinski definition) is 2. The fraction of sp³-hybridized carbons (Fsp3) is 0.280. The maximum atomic E-state index is 13.0. The number of pyridine rings is 2. The fourth-order valence-corrected chi connectivity index (χ4v) is 4.27. The highest BCUT2D eigenvalue weighted by atomic mass is 19.4. The predicted molar refractivity (Wildman–Crippen MR) is 125 cm³/mol. The first kappa shape index (κ1) is 25.0. The zero-order chi connectivity index (χ0) is 25.7. The van der Waals surface area contributed by atoms with E-state index in [0.717, 1.165) is 35.3 Å². The Morgan fingerprint density at radius 3 is 2.39 bits per heavy atom. The van der Waals surface area contributed by atoms with Gasteiger partial charge in [0.1, 0.15) is 0 Å². The number of nitrogens with zero attached hydrogens (tertiary/aromatic N) is 4. The van der Waals surface area contributed by atoms with Gasteiger partial charge >= 0.3 is 12.1 Å². The van der Waals surface area contributed by atoms with Crippen LogP contribution in [0.4, 0.5) is 13.2 Å². The van der Waals surface area contributed by atoms with Crippen LogP contribution in [0.2, 0.25) is 0 Å². The van der Waals surface area contributed by atoms with Crippen LogP contribution in [-0.4, -0.2) is 42.3 Å². The Morgan fingerprint density at radius 2 is 1.72 bits per heavy atom. The molecule has 0 unspecified atom stereocenters. The minimum atomic E-state index is -5.08. The van der Waals surface area contributed by atoms with Gasteiger partial charge in [0.05, 0.1) is 28.5 Å². The number of carboxylic acids is 1. The summed E-state index contributed by atoms with van der Waals surface area (Å²) < 4.78 is 36.0. The molecule has 0 atom stereocenters. The molecule has 8 nitrogen and oxygen atoms in total. The minimum absolute atomic E-state index is 0.0799. The lowest BCUT2D eigenvalue weighted by Crippen LogP contribution is -2.22. The zero-order valence-electron chi connectivity index (χ0n) is 19.2. The molecule has 0 radical (unpaired) electrons. The second kappa shape index (κ2) is 10.6. The molecule has 2 N–H and O–H groups in total. The lowest BCUT2D eigenvalue weighted by Gasteiger charge is -2.14. The molecular weight excluding hydrogens is 475 g/mol. The third-order valence-corrected chi connectivity index (χ3v) is 5.97. The molecule has 1 aliphatic rings. The summed E-state index contributed by atoms with van der Waals surface area (Å²) in [6, 6.07) is 14.2. The molecule has 5 rings (SSSR count). The van der Waals surface area contributed by atoms with Crippen molar-refractivity contribution >= 4 is 17.4 Å². The van der Waals surface area contributed by atoms with Crippen molar-refractivity contribution in [2.24, 2.45) is 0 Å². The van der Waals surface area contributed by atoms with Crippen molar-refractivity contribution in [3.05, 3.63) is 78.4 Å². The van der Waals surface area contributed by atoms with Crippen LogP contribution in [0.1, 0.15) is 47.6 Å². The van der Waals surface area contributed by atoms with E-state index >= 15 is 0 Å². The number of carbonyl (C=O) groups is 2. The SMILES string of the molecule is O=C(NCc1ccncc1)c1cc(-c2ccnn2C2CCCC2)n2ccccc12.O=C(O)C(F)(F)F. The van der Waals surface area contributed by atoms with E-state index in [0.29, 0.717) is 18.2 Å². The molecule has 36 heavy (non-hydrogen) atoms. The average Bonchev–Trinajstić information content (AvgIpc) is 3.62. The molecule has 0 aliphatic heterocycles. The Labute approximate surface area is 204 Å². The third-order valence-electron chi connectivity index (χ3n) is 5.97. The summed E-state index contributed by atoms with van der Waals surface area (Å²) in [7, 11) is 0. The highest BCUT2D eigenvalue weighted by Gasteiger charge is 2.38. The van der Waals surface area contributed by atoms with Gasteiger partial charge < -0.3 is 14.8 Å². The van der Waals surface area contributed by atoms with E-state index < -0.39 is 12.1 Å². The maximum Gasteiger partial charge on any atom is 0.490 e. The third kappa shape index (κ3) is 5.56. The number of amides is 1. The molecule has 0 bridgehead atoms. The van der Waals surface area contributed by atoms with Crippen molar-refractivity contribution < 1.29 is 27.9 Å². The molecule has 4 heterocycles. The second-order valence-corrected chi connectivity index (χ2v) is 8.34. The molecule has 0 saturated heterocycles. The summed E-state index contributed by atoms with van der Waals surface area (Å²) >= 11 is 0. The van der Waals surface area contributed by atoms with Gasteiger partial charge in [0.25, 0.3) is 5.91 Å². The van der Waals surface area contributed by atoms with Crippen molar-refractivity contribution in [3.63, 3.8) is 0 Å².